The van der Waals surface area contributed by atoms with Crippen molar-refractivity contribution in [3.8, 4) is 22.7 Å². The van der Waals surface area contributed by atoms with Gasteiger partial charge in [0.05, 0.1) is 11.4 Å². The van der Waals surface area contributed by atoms with E-state index in [2.05, 4.69) is 20.5 Å². The molecule has 4 rings (SSSR count). The zero-order chi connectivity index (χ0) is 20.2. The topological polar surface area (TPSA) is 80.9 Å². The molecule has 0 aliphatic heterocycles. The number of aryl methyl sites for hydroxylation is 2. The number of thioether (sulfide) groups is 1. The summed E-state index contributed by atoms with van der Waals surface area (Å²) < 4.78 is 5.64. The quantitative estimate of drug-likeness (QED) is 0.430. The molecule has 0 aliphatic rings. The SMILES string of the molecule is Cc1ccc(-c2csc(NC(=O)CSc3nnc(-c4cccc(C)c4)o3)n2)cc1. The van der Waals surface area contributed by atoms with Crippen LogP contribution in [-0.4, -0.2) is 26.8 Å². The Bertz CT molecular complexity index is 1140. The van der Waals surface area contributed by atoms with Gasteiger partial charge in [-0.25, -0.2) is 4.98 Å². The van der Waals surface area contributed by atoms with E-state index >= 15 is 0 Å². The molecular formula is C21H18N4O2S2. The minimum Gasteiger partial charge on any atom is -0.411 e. The standard InChI is InChI=1S/C21H18N4O2S2/c1-13-6-8-15(9-7-13)17-11-28-20(22-17)23-18(26)12-29-21-25-24-19(27-21)16-5-3-4-14(2)10-16/h3-11H,12H2,1-2H3,(H,22,23,26). The lowest BCUT2D eigenvalue weighted by Gasteiger charge is -2.00. The molecule has 0 aliphatic carbocycles. The predicted molar refractivity (Wildman–Crippen MR) is 116 cm³/mol. The van der Waals surface area contributed by atoms with Crippen LogP contribution in [0.1, 0.15) is 11.1 Å². The second-order valence-electron chi connectivity index (χ2n) is 6.48. The van der Waals surface area contributed by atoms with Crippen LogP contribution in [-0.2, 0) is 4.79 Å². The van der Waals surface area contributed by atoms with Crippen molar-refractivity contribution in [2.75, 3.05) is 11.1 Å². The highest BCUT2D eigenvalue weighted by Crippen LogP contribution is 2.26. The van der Waals surface area contributed by atoms with Crippen molar-refractivity contribution in [1.29, 1.82) is 0 Å². The molecule has 4 aromatic rings. The lowest BCUT2D eigenvalue weighted by Crippen LogP contribution is -2.13. The van der Waals surface area contributed by atoms with E-state index in [0.29, 0.717) is 16.2 Å². The number of nitrogens with one attached hydrogen (secondary N) is 1. The van der Waals surface area contributed by atoms with Crippen molar-refractivity contribution >= 4 is 34.1 Å². The third-order valence-corrected chi connectivity index (χ3v) is 5.67. The van der Waals surface area contributed by atoms with E-state index in [-0.39, 0.29) is 11.7 Å². The van der Waals surface area contributed by atoms with Gasteiger partial charge in [0.1, 0.15) is 0 Å². The van der Waals surface area contributed by atoms with E-state index in [0.717, 1.165) is 22.4 Å². The van der Waals surface area contributed by atoms with Crippen molar-refractivity contribution < 1.29 is 9.21 Å². The van der Waals surface area contributed by atoms with Crippen LogP contribution < -0.4 is 5.32 Å². The van der Waals surface area contributed by atoms with E-state index in [9.17, 15) is 4.79 Å². The van der Waals surface area contributed by atoms with Gasteiger partial charge in [-0.1, -0.05) is 59.3 Å². The monoisotopic (exact) mass is 422 g/mol. The zero-order valence-electron chi connectivity index (χ0n) is 15.9. The molecular weight excluding hydrogens is 404 g/mol. The first kappa shape index (κ1) is 19.4. The second-order valence-corrected chi connectivity index (χ2v) is 8.27. The van der Waals surface area contributed by atoms with Crippen LogP contribution in [0.15, 0.2) is 63.6 Å². The highest BCUT2D eigenvalue weighted by molar-refractivity contribution is 7.99. The number of amides is 1. The van der Waals surface area contributed by atoms with Gasteiger partial charge in [0.2, 0.25) is 11.8 Å². The molecule has 0 unspecified atom stereocenters. The van der Waals surface area contributed by atoms with Crippen molar-refractivity contribution in [3.63, 3.8) is 0 Å². The third kappa shape index (κ3) is 4.90. The van der Waals surface area contributed by atoms with Crippen molar-refractivity contribution in [1.82, 2.24) is 15.2 Å². The zero-order valence-corrected chi connectivity index (χ0v) is 17.5. The minimum atomic E-state index is -0.171. The van der Waals surface area contributed by atoms with Crippen LogP contribution in [0.3, 0.4) is 0 Å². The molecule has 0 radical (unpaired) electrons. The molecule has 2 aromatic carbocycles. The molecule has 0 saturated carbocycles. The van der Waals surface area contributed by atoms with Crippen LogP contribution in [0.4, 0.5) is 5.13 Å². The van der Waals surface area contributed by atoms with E-state index < -0.39 is 0 Å². The van der Waals surface area contributed by atoms with Crippen LogP contribution in [0.5, 0.6) is 0 Å². The van der Waals surface area contributed by atoms with Gasteiger partial charge in [-0.15, -0.1) is 21.5 Å². The maximum atomic E-state index is 12.2. The Morgan fingerprint density at radius 1 is 1.07 bits per heavy atom. The summed E-state index contributed by atoms with van der Waals surface area (Å²) in [4.78, 5) is 16.7. The lowest BCUT2D eigenvalue weighted by atomic mass is 10.1. The number of carbonyl (C=O) groups is 1. The fourth-order valence-electron chi connectivity index (χ4n) is 2.63. The molecule has 8 heteroatoms. The molecule has 0 saturated heterocycles. The van der Waals surface area contributed by atoms with Gasteiger partial charge >= 0.3 is 0 Å². The summed E-state index contributed by atoms with van der Waals surface area (Å²) in [5, 5.41) is 13.7. The molecule has 146 valence electrons. The van der Waals surface area contributed by atoms with Gasteiger partial charge in [-0.3, -0.25) is 4.79 Å². The average molecular weight is 423 g/mol. The Labute approximate surface area is 176 Å². The van der Waals surface area contributed by atoms with Gasteiger partial charge < -0.3 is 9.73 Å². The number of hydrogen-bond acceptors (Lipinski definition) is 7. The molecule has 0 spiro atoms. The highest BCUT2D eigenvalue weighted by Gasteiger charge is 2.13. The largest absolute Gasteiger partial charge is 0.411 e. The number of rotatable bonds is 6. The summed E-state index contributed by atoms with van der Waals surface area (Å²) >= 11 is 2.59. The van der Waals surface area contributed by atoms with E-state index in [1.165, 1.54) is 28.7 Å². The van der Waals surface area contributed by atoms with Gasteiger partial charge in [0.15, 0.2) is 5.13 Å². The number of aromatic nitrogens is 3. The van der Waals surface area contributed by atoms with Gasteiger partial charge in [0, 0.05) is 16.5 Å². The molecule has 0 bridgehead atoms. The van der Waals surface area contributed by atoms with Crippen LogP contribution in [0.25, 0.3) is 22.7 Å². The lowest BCUT2D eigenvalue weighted by molar-refractivity contribution is -0.113. The van der Waals surface area contributed by atoms with E-state index in [1.54, 1.807) is 0 Å². The van der Waals surface area contributed by atoms with Crippen molar-refractivity contribution in [2.45, 2.75) is 19.1 Å². The Balaban J connectivity index is 1.33. The molecule has 0 atom stereocenters. The predicted octanol–water partition coefficient (Wildman–Crippen LogP) is 5.21. The number of anilines is 1. The van der Waals surface area contributed by atoms with Crippen molar-refractivity contribution in [3.05, 3.63) is 65.0 Å². The third-order valence-electron chi connectivity index (χ3n) is 4.10. The van der Waals surface area contributed by atoms with Gasteiger partial charge in [-0.2, -0.15) is 0 Å². The fourth-order valence-corrected chi connectivity index (χ4v) is 3.93. The molecule has 2 aromatic heterocycles. The smallest absolute Gasteiger partial charge is 0.277 e. The van der Waals surface area contributed by atoms with Crippen molar-refractivity contribution in [2.24, 2.45) is 0 Å². The Hall–Kier alpha value is -2.97. The van der Waals surface area contributed by atoms with Gasteiger partial charge in [0.25, 0.3) is 5.22 Å². The molecule has 1 amide bonds. The molecule has 2 heterocycles. The number of carbonyl (C=O) groups excluding carboxylic acids is 1. The summed E-state index contributed by atoms with van der Waals surface area (Å²) in [5.74, 6) is 0.434. The summed E-state index contributed by atoms with van der Waals surface area (Å²) in [6.45, 7) is 4.05. The molecule has 1 N–H and O–H groups in total. The maximum Gasteiger partial charge on any atom is 0.277 e. The Morgan fingerprint density at radius 2 is 1.90 bits per heavy atom. The van der Waals surface area contributed by atoms with E-state index in [1.807, 2.05) is 67.8 Å². The highest BCUT2D eigenvalue weighted by atomic mass is 32.2. The van der Waals surface area contributed by atoms with Gasteiger partial charge in [-0.05, 0) is 26.0 Å². The second kappa shape index (κ2) is 8.59. The molecule has 6 nitrogen and oxygen atoms in total. The number of benzene rings is 2. The summed E-state index contributed by atoms with van der Waals surface area (Å²) in [6, 6.07) is 16.0. The van der Waals surface area contributed by atoms with Crippen LogP contribution >= 0.6 is 23.1 Å². The average Bonchev–Trinajstić information content (AvgIpc) is 3.37. The number of hydrogen-bond donors (Lipinski definition) is 1. The fraction of sp³-hybridized carbons (Fsp3) is 0.143. The minimum absolute atomic E-state index is 0.162. The van der Waals surface area contributed by atoms with Crippen LogP contribution in [0, 0.1) is 13.8 Å². The normalized spacial score (nSPS) is 10.8. The summed E-state index contributed by atoms with van der Waals surface area (Å²) in [7, 11) is 0. The Morgan fingerprint density at radius 3 is 2.69 bits per heavy atom. The number of nitrogens with zero attached hydrogens (tertiary/aromatic N) is 3. The van der Waals surface area contributed by atoms with Crippen LogP contribution in [0.2, 0.25) is 0 Å². The first-order valence-electron chi connectivity index (χ1n) is 8.92. The van der Waals surface area contributed by atoms with E-state index in [4.69, 9.17) is 4.42 Å². The Kier molecular flexibility index (Phi) is 5.73. The molecule has 0 fully saturated rings. The number of thiazole rings is 1. The first-order valence-corrected chi connectivity index (χ1v) is 10.8. The summed E-state index contributed by atoms with van der Waals surface area (Å²) in [6.07, 6.45) is 0. The molecule has 29 heavy (non-hydrogen) atoms. The summed E-state index contributed by atoms with van der Waals surface area (Å²) in [5.41, 5.74) is 5.04. The first-order chi connectivity index (χ1) is 14.1. The maximum absolute atomic E-state index is 12.2.